The first kappa shape index (κ1) is 27.2. The van der Waals surface area contributed by atoms with Crippen LogP contribution in [0.25, 0.3) is 6.08 Å². The molecule has 4 nitrogen and oxygen atoms in total. The van der Waals surface area contributed by atoms with E-state index in [2.05, 4.69) is 6.58 Å². The summed E-state index contributed by atoms with van der Waals surface area (Å²) in [5, 5.41) is 0.573. The maximum Gasteiger partial charge on any atom is 0.270 e. The van der Waals surface area contributed by atoms with Gasteiger partial charge in [-0.25, -0.2) is 4.39 Å². The lowest BCUT2D eigenvalue weighted by molar-refractivity contribution is -0.113. The molecule has 0 spiro atoms. The smallest absolute Gasteiger partial charge is 0.270 e. The Hall–Kier alpha value is -2.84. The average molecular weight is 575 g/mol. The molecule has 190 valence electrons. The van der Waals surface area contributed by atoms with Gasteiger partial charge in [-0.2, -0.15) is 0 Å². The van der Waals surface area contributed by atoms with Crippen LogP contribution in [0.4, 0.5) is 10.1 Å². The number of hydrogen-bond donors (Lipinski definition) is 0. The number of hydrogen-bond acceptors (Lipinski definition) is 5. The molecule has 0 aliphatic carbocycles. The van der Waals surface area contributed by atoms with Crippen molar-refractivity contribution in [3.8, 4) is 11.5 Å². The molecule has 3 aromatic carbocycles. The number of thioether (sulfide) groups is 1. The number of nitrogens with zero attached hydrogens (tertiary/aromatic N) is 1. The Morgan fingerprint density at radius 3 is 2.54 bits per heavy atom. The number of anilines is 1. The van der Waals surface area contributed by atoms with Crippen molar-refractivity contribution in [2.45, 2.75) is 20.0 Å². The van der Waals surface area contributed by atoms with Crippen LogP contribution in [0.5, 0.6) is 11.5 Å². The Bertz CT molecular complexity index is 1390. The molecule has 3 aromatic rings. The van der Waals surface area contributed by atoms with Crippen LogP contribution in [0.15, 0.2) is 72.2 Å². The normalized spacial score (nSPS) is 14.4. The zero-order valence-corrected chi connectivity index (χ0v) is 22.9. The fraction of sp³-hybridized carbons (Fsp3) is 0.143. The maximum absolute atomic E-state index is 13.6. The first-order chi connectivity index (χ1) is 17.8. The van der Waals surface area contributed by atoms with Gasteiger partial charge in [0.1, 0.15) is 12.4 Å². The van der Waals surface area contributed by atoms with Gasteiger partial charge in [0.05, 0.1) is 22.2 Å². The molecule has 9 heteroatoms. The van der Waals surface area contributed by atoms with Crippen LogP contribution < -0.4 is 14.4 Å². The van der Waals surface area contributed by atoms with Gasteiger partial charge in [0.2, 0.25) is 0 Å². The van der Waals surface area contributed by atoms with Crippen LogP contribution in [-0.2, 0) is 17.8 Å². The van der Waals surface area contributed by atoms with Crippen molar-refractivity contribution < 1.29 is 18.7 Å². The third kappa shape index (κ3) is 6.36. The van der Waals surface area contributed by atoms with Crippen molar-refractivity contribution in [2.24, 2.45) is 0 Å². The van der Waals surface area contributed by atoms with E-state index in [1.807, 2.05) is 43.3 Å². The molecule has 1 fully saturated rings. The highest BCUT2D eigenvalue weighted by molar-refractivity contribution is 8.27. The van der Waals surface area contributed by atoms with E-state index < -0.39 is 5.82 Å². The molecular weight excluding hydrogens is 552 g/mol. The molecule has 0 saturated carbocycles. The van der Waals surface area contributed by atoms with Gasteiger partial charge in [-0.05, 0) is 73.0 Å². The van der Waals surface area contributed by atoms with Gasteiger partial charge < -0.3 is 9.47 Å². The standard InChI is InChI=1S/C28H22Cl2FNO3S2/c1-3-5-19-12-18(13-24(34-4-2)26(19)35-16-17-6-8-20(29)9-7-17)14-25-27(33)32(28(36)37-25)21-10-11-23(31)22(30)15-21/h3,6-15H,1,4-5,16H2,2H3/b25-14-. The van der Waals surface area contributed by atoms with E-state index in [4.69, 9.17) is 44.9 Å². The molecule has 0 unspecified atom stereocenters. The van der Waals surface area contributed by atoms with E-state index in [9.17, 15) is 9.18 Å². The Morgan fingerprint density at radius 1 is 1.11 bits per heavy atom. The average Bonchev–Trinajstić information content (AvgIpc) is 3.14. The van der Waals surface area contributed by atoms with Gasteiger partial charge in [-0.1, -0.05) is 65.4 Å². The fourth-order valence-corrected chi connectivity index (χ4v) is 5.30. The van der Waals surface area contributed by atoms with Crippen molar-refractivity contribution in [1.29, 1.82) is 0 Å². The highest BCUT2D eigenvalue weighted by atomic mass is 35.5. The summed E-state index contributed by atoms with van der Waals surface area (Å²) in [5.74, 6) is 0.289. The SMILES string of the molecule is C=CCc1cc(/C=C2\SC(=S)N(c3ccc(F)c(Cl)c3)C2=O)cc(OCC)c1OCc1ccc(Cl)cc1. The molecule has 0 radical (unpaired) electrons. The first-order valence-corrected chi connectivity index (χ1v) is 13.3. The van der Waals surface area contributed by atoms with Crippen LogP contribution >= 0.6 is 47.2 Å². The van der Waals surface area contributed by atoms with Gasteiger partial charge in [0.25, 0.3) is 5.91 Å². The van der Waals surface area contributed by atoms with Crippen LogP contribution in [0.3, 0.4) is 0 Å². The fourth-order valence-electron chi connectivity index (χ4n) is 3.70. The molecule has 1 heterocycles. The quantitative estimate of drug-likeness (QED) is 0.146. The molecule has 1 amide bonds. The number of carbonyl (C=O) groups is 1. The van der Waals surface area contributed by atoms with Crippen molar-refractivity contribution >= 4 is 69.2 Å². The molecule has 0 N–H and O–H groups in total. The van der Waals surface area contributed by atoms with Crippen LogP contribution in [0.2, 0.25) is 10.0 Å². The summed E-state index contributed by atoms with van der Waals surface area (Å²) < 4.78 is 26.0. The van der Waals surface area contributed by atoms with Crippen molar-refractivity contribution in [2.75, 3.05) is 11.5 Å². The predicted molar refractivity (Wildman–Crippen MR) is 154 cm³/mol. The molecule has 1 saturated heterocycles. The second kappa shape index (κ2) is 12.1. The molecule has 0 atom stereocenters. The van der Waals surface area contributed by atoms with Crippen molar-refractivity contribution in [3.05, 3.63) is 105 Å². The molecule has 0 bridgehead atoms. The number of rotatable bonds is 9. The number of halogens is 3. The summed E-state index contributed by atoms with van der Waals surface area (Å²) in [4.78, 5) is 15.0. The molecule has 0 aromatic heterocycles. The van der Waals surface area contributed by atoms with Gasteiger partial charge in [0.15, 0.2) is 15.8 Å². The number of benzene rings is 3. The van der Waals surface area contributed by atoms with Gasteiger partial charge >= 0.3 is 0 Å². The summed E-state index contributed by atoms with van der Waals surface area (Å²) in [5.41, 5.74) is 2.98. The first-order valence-electron chi connectivity index (χ1n) is 11.3. The molecule has 37 heavy (non-hydrogen) atoms. The van der Waals surface area contributed by atoms with E-state index in [-0.39, 0.29) is 10.9 Å². The van der Waals surface area contributed by atoms with Crippen LogP contribution in [0.1, 0.15) is 23.6 Å². The summed E-state index contributed by atoms with van der Waals surface area (Å²) in [6.07, 6.45) is 4.07. The monoisotopic (exact) mass is 573 g/mol. The predicted octanol–water partition coefficient (Wildman–Crippen LogP) is 8.24. The minimum Gasteiger partial charge on any atom is -0.490 e. The molecule has 1 aliphatic heterocycles. The second-order valence-corrected chi connectivity index (χ2v) is 10.5. The summed E-state index contributed by atoms with van der Waals surface area (Å²) in [6.45, 7) is 6.52. The Morgan fingerprint density at radius 2 is 1.86 bits per heavy atom. The van der Waals surface area contributed by atoms with E-state index in [1.54, 1.807) is 12.2 Å². The number of amides is 1. The van der Waals surface area contributed by atoms with E-state index in [0.29, 0.717) is 51.1 Å². The summed E-state index contributed by atoms with van der Waals surface area (Å²) >= 11 is 18.5. The van der Waals surface area contributed by atoms with E-state index >= 15 is 0 Å². The molecule has 4 rings (SSSR count). The van der Waals surface area contributed by atoms with Crippen LogP contribution in [-0.4, -0.2) is 16.8 Å². The minimum absolute atomic E-state index is 0.0832. The Labute approximate surface area is 234 Å². The van der Waals surface area contributed by atoms with Crippen LogP contribution in [0, 0.1) is 5.82 Å². The lowest BCUT2D eigenvalue weighted by atomic mass is 10.0. The zero-order chi connectivity index (χ0) is 26.5. The van der Waals surface area contributed by atoms with Gasteiger partial charge in [-0.15, -0.1) is 6.58 Å². The van der Waals surface area contributed by atoms with Gasteiger partial charge in [0, 0.05) is 10.6 Å². The van der Waals surface area contributed by atoms with Crippen molar-refractivity contribution in [1.82, 2.24) is 0 Å². The van der Waals surface area contributed by atoms with E-state index in [0.717, 1.165) is 28.5 Å². The zero-order valence-electron chi connectivity index (χ0n) is 19.8. The Kier molecular flexibility index (Phi) is 8.92. The number of ether oxygens (including phenoxy) is 2. The highest BCUT2D eigenvalue weighted by Crippen LogP contribution is 2.39. The highest BCUT2D eigenvalue weighted by Gasteiger charge is 2.33. The largest absolute Gasteiger partial charge is 0.490 e. The number of allylic oxidation sites excluding steroid dienone is 1. The molecular formula is C28H22Cl2FNO3S2. The maximum atomic E-state index is 13.6. The lowest BCUT2D eigenvalue weighted by Gasteiger charge is -2.17. The molecule has 1 aliphatic rings. The lowest BCUT2D eigenvalue weighted by Crippen LogP contribution is -2.27. The summed E-state index contributed by atoms with van der Waals surface area (Å²) in [7, 11) is 0. The minimum atomic E-state index is -0.567. The third-order valence-electron chi connectivity index (χ3n) is 5.37. The van der Waals surface area contributed by atoms with E-state index in [1.165, 1.54) is 23.1 Å². The topological polar surface area (TPSA) is 38.8 Å². The Balaban J connectivity index is 1.66. The summed E-state index contributed by atoms with van der Waals surface area (Å²) in [6, 6.07) is 15.3. The van der Waals surface area contributed by atoms with Gasteiger partial charge in [-0.3, -0.25) is 9.69 Å². The van der Waals surface area contributed by atoms with Crippen molar-refractivity contribution in [3.63, 3.8) is 0 Å². The number of carbonyl (C=O) groups excluding carboxylic acids is 1. The second-order valence-electron chi connectivity index (χ2n) is 7.96. The third-order valence-corrected chi connectivity index (χ3v) is 7.21. The number of thiocarbonyl (C=S) groups is 1.